The van der Waals surface area contributed by atoms with Gasteiger partial charge in [0.1, 0.15) is 23.0 Å². The zero-order valence-corrected chi connectivity index (χ0v) is 26.8. The molecule has 0 unspecified atom stereocenters. The molecular weight excluding hydrogens is 637 g/mol. The number of aliphatic imine (C=N–C) groups is 1. The molecule has 46 heavy (non-hydrogen) atoms. The number of nitrogen functional groups attached to an aromatic ring is 1. The minimum absolute atomic E-state index is 0.0810. The number of nitrogens with two attached hydrogens (primary N) is 1. The molecule has 5 rings (SSSR count). The third-order valence-electron chi connectivity index (χ3n) is 7.69. The normalized spacial score (nSPS) is 14.7. The Labute approximate surface area is 274 Å². The van der Waals surface area contributed by atoms with Gasteiger partial charge in [0.2, 0.25) is 0 Å². The van der Waals surface area contributed by atoms with Crippen molar-refractivity contribution in [2.75, 3.05) is 19.4 Å². The first-order chi connectivity index (χ1) is 21.7. The Bertz CT molecular complexity index is 1830. The first-order valence-corrected chi connectivity index (χ1v) is 15.1. The van der Waals surface area contributed by atoms with Crippen molar-refractivity contribution in [3.63, 3.8) is 0 Å². The second-order valence-electron chi connectivity index (χ2n) is 11.6. The Morgan fingerprint density at radius 2 is 1.80 bits per heavy atom. The quantitative estimate of drug-likeness (QED) is 0.0879. The number of nitrogens with one attached hydrogen (secondary N) is 1. The topological polar surface area (TPSA) is 130 Å². The van der Waals surface area contributed by atoms with Gasteiger partial charge in [0, 0.05) is 34.5 Å². The van der Waals surface area contributed by atoms with E-state index < -0.39 is 35.3 Å². The molecule has 1 atom stereocenters. The zero-order chi connectivity index (χ0) is 33.4. The van der Waals surface area contributed by atoms with Crippen molar-refractivity contribution >= 4 is 41.0 Å². The summed E-state index contributed by atoms with van der Waals surface area (Å²) >= 11 is 12.6. The molecule has 3 aromatic carbocycles. The van der Waals surface area contributed by atoms with E-state index in [-0.39, 0.29) is 49.9 Å². The van der Waals surface area contributed by atoms with Gasteiger partial charge in [-0.1, -0.05) is 53.5 Å². The number of benzene rings is 3. The van der Waals surface area contributed by atoms with Crippen molar-refractivity contribution in [3.05, 3.63) is 110 Å². The van der Waals surface area contributed by atoms with Crippen LogP contribution in [0.3, 0.4) is 0 Å². The van der Waals surface area contributed by atoms with Crippen molar-refractivity contribution in [2.45, 2.75) is 43.9 Å². The molecule has 1 saturated carbocycles. The van der Waals surface area contributed by atoms with Gasteiger partial charge in [-0.3, -0.25) is 9.79 Å². The monoisotopic (exact) mass is 668 g/mol. The van der Waals surface area contributed by atoms with Crippen molar-refractivity contribution in [3.8, 4) is 17.0 Å². The van der Waals surface area contributed by atoms with Gasteiger partial charge in [-0.05, 0) is 56.5 Å². The molecule has 12 heteroatoms. The molecule has 1 amide bonds. The molecule has 240 valence electrons. The van der Waals surface area contributed by atoms with Crippen LogP contribution in [0.15, 0.2) is 65.7 Å². The third-order valence-corrected chi connectivity index (χ3v) is 8.36. The molecule has 1 heterocycles. The standard InChI is InChI=1S/C34H32Cl2F2N4O4/c1-33(2,44)23-14-28(42-31(29(23)36)22-13-24(35)26(38)15-25(22)37)34(45,20-7-5-4-6-8-20)17-41-32(43)18-11-19(16-40-21-9-10-21)30(39)27(12-18)46-3/h4-8,11-16,21,44-45H,9-10,17,39H2,1-3H3,(H,41,43)/t34-/m1/s1. The summed E-state index contributed by atoms with van der Waals surface area (Å²) in [6.07, 6.45) is 3.59. The lowest BCUT2D eigenvalue weighted by atomic mass is 9.86. The van der Waals surface area contributed by atoms with Crippen LogP contribution in [-0.2, 0) is 11.2 Å². The average Bonchev–Trinajstić information content (AvgIpc) is 3.86. The highest BCUT2D eigenvalue weighted by Crippen LogP contribution is 2.41. The Morgan fingerprint density at radius 3 is 2.43 bits per heavy atom. The molecule has 0 bridgehead atoms. The maximum atomic E-state index is 15.1. The molecule has 0 spiro atoms. The molecule has 0 aliphatic heterocycles. The van der Waals surface area contributed by atoms with Crippen LogP contribution in [-0.4, -0.2) is 47.0 Å². The second-order valence-corrected chi connectivity index (χ2v) is 12.4. The fraction of sp³-hybridized carbons (Fsp3) is 0.265. The van der Waals surface area contributed by atoms with Gasteiger partial charge in [0.25, 0.3) is 5.91 Å². The molecule has 1 aliphatic carbocycles. The summed E-state index contributed by atoms with van der Waals surface area (Å²) in [5, 5.41) is 25.7. The number of carbonyl (C=O) groups excluding carboxylic acids is 1. The van der Waals surface area contributed by atoms with Crippen molar-refractivity contribution in [2.24, 2.45) is 4.99 Å². The smallest absolute Gasteiger partial charge is 0.251 e. The number of hydrogen-bond acceptors (Lipinski definition) is 7. The van der Waals surface area contributed by atoms with Crippen LogP contribution in [0.4, 0.5) is 14.5 Å². The molecule has 5 N–H and O–H groups in total. The van der Waals surface area contributed by atoms with Crippen LogP contribution in [0.1, 0.15) is 59.4 Å². The fourth-order valence-corrected chi connectivity index (χ4v) is 5.49. The number of hydrogen-bond donors (Lipinski definition) is 4. The van der Waals surface area contributed by atoms with Crippen molar-refractivity contribution in [1.82, 2.24) is 10.3 Å². The van der Waals surface area contributed by atoms with Gasteiger partial charge < -0.3 is 26.0 Å². The average molecular weight is 670 g/mol. The van der Waals surface area contributed by atoms with E-state index in [1.807, 2.05) is 0 Å². The van der Waals surface area contributed by atoms with Gasteiger partial charge >= 0.3 is 0 Å². The van der Waals surface area contributed by atoms with Crippen molar-refractivity contribution in [1.29, 1.82) is 0 Å². The summed E-state index contributed by atoms with van der Waals surface area (Å²) in [5.74, 6) is -2.28. The number of aromatic nitrogens is 1. The van der Waals surface area contributed by atoms with E-state index in [9.17, 15) is 19.4 Å². The van der Waals surface area contributed by atoms with Crippen LogP contribution in [0.2, 0.25) is 10.0 Å². The lowest BCUT2D eigenvalue weighted by Crippen LogP contribution is -2.42. The number of methoxy groups -OCH3 is 1. The maximum absolute atomic E-state index is 15.1. The molecule has 8 nitrogen and oxygen atoms in total. The summed E-state index contributed by atoms with van der Waals surface area (Å²) in [6, 6.07) is 14.7. The molecule has 0 saturated heterocycles. The van der Waals surface area contributed by atoms with Crippen LogP contribution in [0.25, 0.3) is 11.3 Å². The van der Waals surface area contributed by atoms with Crippen molar-refractivity contribution < 1.29 is 28.5 Å². The van der Waals surface area contributed by atoms with Crippen LogP contribution >= 0.6 is 23.2 Å². The summed E-state index contributed by atoms with van der Waals surface area (Å²) in [4.78, 5) is 22.6. The lowest BCUT2D eigenvalue weighted by molar-refractivity contribution is 0.0639. The number of ether oxygens (including phenoxy) is 1. The van der Waals surface area contributed by atoms with E-state index in [2.05, 4.69) is 15.3 Å². The van der Waals surface area contributed by atoms with E-state index in [0.29, 0.717) is 22.9 Å². The third kappa shape index (κ3) is 6.85. The number of amides is 1. The Hall–Kier alpha value is -4.09. The predicted octanol–water partition coefficient (Wildman–Crippen LogP) is 6.40. The summed E-state index contributed by atoms with van der Waals surface area (Å²) in [6.45, 7) is 2.50. The second kappa shape index (κ2) is 13.0. The van der Waals surface area contributed by atoms with Gasteiger partial charge in [0.05, 0.1) is 52.4 Å². The zero-order valence-electron chi connectivity index (χ0n) is 25.2. The number of nitrogens with zero attached hydrogens (tertiary/aromatic N) is 2. The number of rotatable bonds is 10. The van der Waals surface area contributed by atoms with Crippen LogP contribution < -0.4 is 15.8 Å². The minimum atomic E-state index is -2.04. The molecule has 1 aliphatic rings. The minimum Gasteiger partial charge on any atom is -0.495 e. The van der Waals surface area contributed by atoms with Gasteiger partial charge in [-0.2, -0.15) is 0 Å². The van der Waals surface area contributed by atoms with E-state index in [0.717, 1.165) is 18.9 Å². The molecular formula is C34H32Cl2F2N4O4. The van der Waals surface area contributed by atoms with E-state index in [1.165, 1.54) is 33.1 Å². The van der Waals surface area contributed by atoms with E-state index in [1.54, 1.807) is 42.6 Å². The number of pyridine rings is 1. The number of halogens is 4. The van der Waals surface area contributed by atoms with Gasteiger partial charge in [-0.25, -0.2) is 13.8 Å². The predicted molar refractivity (Wildman–Crippen MR) is 175 cm³/mol. The highest BCUT2D eigenvalue weighted by molar-refractivity contribution is 6.34. The molecule has 4 aromatic rings. The Morgan fingerprint density at radius 1 is 1.11 bits per heavy atom. The van der Waals surface area contributed by atoms with Crippen LogP contribution in [0, 0.1) is 11.6 Å². The number of anilines is 1. The summed E-state index contributed by atoms with van der Waals surface area (Å²) in [5.41, 5.74) is 3.52. The van der Waals surface area contributed by atoms with E-state index in [4.69, 9.17) is 33.7 Å². The van der Waals surface area contributed by atoms with E-state index >= 15 is 4.39 Å². The number of aliphatic hydroxyl groups is 2. The Balaban J connectivity index is 1.61. The fourth-order valence-electron chi connectivity index (χ4n) is 4.90. The summed E-state index contributed by atoms with van der Waals surface area (Å²) < 4.78 is 34.6. The summed E-state index contributed by atoms with van der Waals surface area (Å²) in [7, 11) is 1.44. The maximum Gasteiger partial charge on any atom is 0.251 e. The molecule has 1 aromatic heterocycles. The number of carbonyl (C=O) groups is 1. The molecule has 0 radical (unpaired) electrons. The largest absolute Gasteiger partial charge is 0.495 e. The first kappa shape index (κ1) is 33.3. The highest BCUT2D eigenvalue weighted by Gasteiger charge is 2.37. The molecule has 1 fully saturated rings. The Kier molecular flexibility index (Phi) is 9.38. The lowest BCUT2D eigenvalue weighted by Gasteiger charge is -2.31. The van der Waals surface area contributed by atoms with Gasteiger partial charge in [0.15, 0.2) is 0 Å². The SMILES string of the molecule is COc1cc(C(=O)NC[C@@](O)(c2ccccc2)c2cc(C(C)(C)O)c(Cl)c(-c3cc(Cl)c(F)cc3F)n2)cc(C=NC2CC2)c1N. The highest BCUT2D eigenvalue weighted by atomic mass is 35.5. The first-order valence-electron chi connectivity index (χ1n) is 14.4. The van der Waals surface area contributed by atoms with Gasteiger partial charge in [-0.15, -0.1) is 0 Å². The van der Waals surface area contributed by atoms with Crippen LogP contribution in [0.5, 0.6) is 5.75 Å².